The van der Waals surface area contributed by atoms with E-state index >= 15 is 0 Å². The zero-order chi connectivity index (χ0) is 22.9. The zero-order valence-corrected chi connectivity index (χ0v) is 19.2. The van der Waals surface area contributed by atoms with E-state index in [1.54, 1.807) is 6.20 Å². The van der Waals surface area contributed by atoms with Gasteiger partial charge in [0.25, 0.3) is 0 Å². The van der Waals surface area contributed by atoms with Crippen molar-refractivity contribution in [3.8, 4) is 11.3 Å². The molecule has 2 aliphatic heterocycles. The lowest BCUT2D eigenvalue weighted by Crippen LogP contribution is -2.36. The number of fused-ring (bicyclic) bond motifs is 1. The van der Waals surface area contributed by atoms with E-state index in [0.29, 0.717) is 12.4 Å². The third-order valence-corrected chi connectivity index (χ3v) is 6.78. The summed E-state index contributed by atoms with van der Waals surface area (Å²) in [5.74, 6) is -0.456. The van der Waals surface area contributed by atoms with Crippen molar-refractivity contribution in [1.82, 2.24) is 9.97 Å². The minimum atomic E-state index is -0.628. The predicted octanol–water partition coefficient (Wildman–Crippen LogP) is 5.43. The summed E-state index contributed by atoms with van der Waals surface area (Å²) in [5, 5.41) is -0.183. The predicted molar refractivity (Wildman–Crippen MR) is 126 cm³/mol. The first-order valence-corrected chi connectivity index (χ1v) is 11.6. The van der Waals surface area contributed by atoms with Crippen LogP contribution in [0.1, 0.15) is 30.6 Å². The van der Waals surface area contributed by atoms with Crippen LogP contribution in [-0.4, -0.2) is 42.8 Å². The van der Waals surface area contributed by atoms with Crippen molar-refractivity contribution in [2.45, 2.75) is 25.8 Å². The topological polar surface area (TPSA) is 41.5 Å². The van der Waals surface area contributed by atoms with Crippen molar-refractivity contribution in [2.24, 2.45) is 0 Å². The van der Waals surface area contributed by atoms with Gasteiger partial charge in [-0.25, -0.2) is 13.8 Å². The minimum Gasteiger partial charge on any atom is -0.378 e. The monoisotopic (exact) mass is 470 g/mol. The summed E-state index contributed by atoms with van der Waals surface area (Å²) in [5.41, 5.74) is 3.82. The van der Waals surface area contributed by atoms with E-state index in [4.69, 9.17) is 21.3 Å². The molecule has 172 valence electrons. The van der Waals surface area contributed by atoms with Gasteiger partial charge in [-0.3, -0.25) is 4.98 Å². The van der Waals surface area contributed by atoms with E-state index in [1.807, 2.05) is 24.0 Å². The largest absolute Gasteiger partial charge is 0.378 e. The van der Waals surface area contributed by atoms with Gasteiger partial charge in [-0.05, 0) is 44.0 Å². The van der Waals surface area contributed by atoms with Gasteiger partial charge in [-0.1, -0.05) is 23.7 Å². The second kappa shape index (κ2) is 9.23. The summed E-state index contributed by atoms with van der Waals surface area (Å²) in [6, 6.07) is 9.92. The van der Waals surface area contributed by atoms with E-state index < -0.39 is 17.7 Å². The maximum atomic E-state index is 14.6. The molecule has 3 aromatic rings. The fraction of sp³-hybridized carbons (Fsp3) is 0.360. The van der Waals surface area contributed by atoms with Crippen LogP contribution in [0.25, 0.3) is 11.3 Å². The number of nitrogens with zero attached hydrogens (tertiary/aromatic N) is 4. The highest BCUT2D eigenvalue weighted by Crippen LogP contribution is 2.37. The molecular formula is C25H25ClF2N4O. The fourth-order valence-electron chi connectivity index (χ4n) is 4.61. The van der Waals surface area contributed by atoms with Crippen molar-refractivity contribution in [2.75, 3.05) is 42.6 Å². The Morgan fingerprint density at radius 1 is 1.06 bits per heavy atom. The van der Waals surface area contributed by atoms with Gasteiger partial charge < -0.3 is 14.5 Å². The van der Waals surface area contributed by atoms with Crippen LogP contribution in [0.15, 0.2) is 42.6 Å². The third-order valence-electron chi connectivity index (χ3n) is 6.39. The maximum absolute atomic E-state index is 14.6. The molecule has 1 aromatic heterocycles. The summed E-state index contributed by atoms with van der Waals surface area (Å²) in [6.45, 7) is 5.62. The number of anilines is 2. The van der Waals surface area contributed by atoms with Gasteiger partial charge in [0, 0.05) is 36.4 Å². The summed E-state index contributed by atoms with van der Waals surface area (Å²) >= 11 is 6.17. The molecule has 0 spiro atoms. The number of ether oxygens (including phenoxy) is 1. The molecule has 0 bridgehead atoms. The van der Waals surface area contributed by atoms with Crippen LogP contribution in [0.5, 0.6) is 0 Å². The Hall–Kier alpha value is -2.77. The van der Waals surface area contributed by atoms with E-state index in [2.05, 4.69) is 22.0 Å². The number of morpholine rings is 1. The molecule has 1 unspecified atom stereocenters. The lowest BCUT2D eigenvalue weighted by molar-refractivity contribution is 0.122. The molecule has 1 atom stereocenters. The van der Waals surface area contributed by atoms with Crippen LogP contribution >= 0.6 is 11.6 Å². The number of halogens is 3. The minimum absolute atomic E-state index is 0.144. The molecule has 1 saturated heterocycles. The number of rotatable bonds is 4. The summed E-state index contributed by atoms with van der Waals surface area (Å²) in [6.07, 6.45) is 3.44. The second-order valence-corrected chi connectivity index (χ2v) is 8.78. The quantitative estimate of drug-likeness (QED) is 0.476. The van der Waals surface area contributed by atoms with E-state index in [9.17, 15) is 8.78 Å². The van der Waals surface area contributed by atoms with Crippen LogP contribution in [0.4, 0.5) is 20.3 Å². The lowest BCUT2D eigenvalue weighted by atomic mass is 10.0. The summed E-state index contributed by atoms with van der Waals surface area (Å²) < 4.78 is 34.2. The standard InChI is InChI=1S/C25H25ClF2N4O/c1-16(23-19(27)7-8-20(28)24(23)26)32-9-3-6-21-25(32)30-22(15-29-21)17-4-2-5-18(14-17)31-10-12-33-13-11-31/h2,4-5,7-8,14-16H,3,6,9-13H2,1H3. The Kier molecular flexibility index (Phi) is 6.17. The van der Waals surface area contributed by atoms with E-state index in [1.165, 1.54) is 0 Å². The molecule has 0 aliphatic carbocycles. The van der Waals surface area contributed by atoms with Gasteiger partial charge in [-0.2, -0.15) is 0 Å². The van der Waals surface area contributed by atoms with Crippen molar-refractivity contribution >= 4 is 23.1 Å². The Bertz CT molecular complexity index is 1170. The first kappa shape index (κ1) is 22.0. The molecule has 8 heteroatoms. The molecular weight excluding hydrogens is 446 g/mol. The molecule has 0 amide bonds. The average molecular weight is 471 g/mol. The number of aryl methyl sites for hydroxylation is 1. The second-order valence-electron chi connectivity index (χ2n) is 8.41. The van der Waals surface area contributed by atoms with Crippen LogP contribution in [0, 0.1) is 11.6 Å². The molecule has 0 N–H and O–H groups in total. The van der Waals surface area contributed by atoms with Crippen LogP contribution in [0.3, 0.4) is 0 Å². The molecule has 2 aliphatic rings. The van der Waals surface area contributed by atoms with Gasteiger partial charge in [0.15, 0.2) is 5.82 Å². The normalized spacial score (nSPS) is 17.1. The fourth-order valence-corrected chi connectivity index (χ4v) is 4.93. The van der Waals surface area contributed by atoms with Gasteiger partial charge in [-0.15, -0.1) is 0 Å². The van der Waals surface area contributed by atoms with Gasteiger partial charge in [0.1, 0.15) is 11.6 Å². The van der Waals surface area contributed by atoms with Crippen molar-refractivity contribution in [3.63, 3.8) is 0 Å². The van der Waals surface area contributed by atoms with Crippen LogP contribution in [-0.2, 0) is 11.2 Å². The Morgan fingerprint density at radius 2 is 1.85 bits per heavy atom. The zero-order valence-electron chi connectivity index (χ0n) is 18.4. The van der Waals surface area contributed by atoms with E-state index in [-0.39, 0.29) is 10.6 Å². The van der Waals surface area contributed by atoms with Gasteiger partial charge in [0.2, 0.25) is 0 Å². The molecule has 2 aromatic carbocycles. The first-order chi connectivity index (χ1) is 16.0. The smallest absolute Gasteiger partial charge is 0.151 e. The molecule has 0 radical (unpaired) electrons. The SMILES string of the molecule is CC(c1c(F)ccc(F)c1Cl)N1CCCc2ncc(-c3cccc(N4CCOCC4)c3)nc21. The van der Waals surface area contributed by atoms with Crippen LogP contribution in [0.2, 0.25) is 5.02 Å². The Labute approximate surface area is 197 Å². The first-order valence-electron chi connectivity index (χ1n) is 11.2. The Morgan fingerprint density at radius 3 is 2.67 bits per heavy atom. The number of benzene rings is 2. The van der Waals surface area contributed by atoms with Gasteiger partial charge in [0.05, 0.1) is 41.9 Å². The third kappa shape index (κ3) is 4.27. The lowest BCUT2D eigenvalue weighted by Gasteiger charge is -2.35. The molecule has 1 fully saturated rings. The van der Waals surface area contributed by atoms with E-state index in [0.717, 1.165) is 73.9 Å². The molecule has 5 rings (SSSR count). The Balaban J connectivity index is 1.50. The number of hydrogen-bond acceptors (Lipinski definition) is 5. The summed E-state index contributed by atoms with van der Waals surface area (Å²) in [4.78, 5) is 13.9. The maximum Gasteiger partial charge on any atom is 0.151 e. The van der Waals surface area contributed by atoms with Crippen molar-refractivity contribution < 1.29 is 13.5 Å². The molecule has 5 nitrogen and oxygen atoms in total. The van der Waals surface area contributed by atoms with Crippen LogP contribution < -0.4 is 9.80 Å². The molecule has 3 heterocycles. The highest BCUT2D eigenvalue weighted by Gasteiger charge is 2.29. The number of aromatic nitrogens is 2. The average Bonchev–Trinajstić information content (AvgIpc) is 2.86. The molecule has 33 heavy (non-hydrogen) atoms. The van der Waals surface area contributed by atoms with Crippen molar-refractivity contribution in [1.29, 1.82) is 0 Å². The summed E-state index contributed by atoms with van der Waals surface area (Å²) in [7, 11) is 0. The van der Waals surface area contributed by atoms with Crippen molar-refractivity contribution in [3.05, 3.63) is 70.5 Å². The molecule has 0 saturated carbocycles. The highest BCUT2D eigenvalue weighted by molar-refractivity contribution is 6.31. The number of hydrogen-bond donors (Lipinski definition) is 0. The van der Waals surface area contributed by atoms with Gasteiger partial charge >= 0.3 is 0 Å². The highest BCUT2D eigenvalue weighted by atomic mass is 35.5.